The molecule has 1 fully saturated rings. The van der Waals surface area contributed by atoms with Crippen LogP contribution in [0.5, 0.6) is 0 Å². The minimum Gasteiger partial charge on any atom is -0.354 e. The molecule has 0 spiro atoms. The van der Waals surface area contributed by atoms with Gasteiger partial charge >= 0.3 is 6.18 Å². The van der Waals surface area contributed by atoms with Crippen LogP contribution in [-0.4, -0.2) is 43.9 Å². The van der Waals surface area contributed by atoms with Crippen molar-refractivity contribution in [2.75, 3.05) is 31.1 Å². The molecule has 0 saturated carbocycles. The highest BCUT2D eigenvalue weighted by molar-refractivity contribution is 9.10. The second kappa shape index (κ2) is 7.16. The van der Waals surface area contributed by atoms with Crippen LogP contribution < -0.4 is 4.90 Å². The van der Waals surface area contributed by atoms with E-state index in [0.29, 0.717) is 23.4 Å². The van der Waals surface area contributed by atoms with Crippen molar-refractivity contribution in [2.45, 2.75) is 11.1 Å². The van der Waals surface area contributed by atoms with E-state index in [1.807, 2.05) is 0 Å². The molecule has 0 bridgehead atoms. The minimum atomic E-state index is -4.43. The van der Waals surface area contributed by atoms with Crippen LogP contribution in [0.15, 0.2) is 52.0 Å². The first-order valence-electron chi connectivity index (χ1n) is 7.72. The third-order valence-corrected chi connectivity index (χ3v) is 7.00. The highest BCUT2D eigenvalue weighted by Gasteiger charge is 2.32. The van der Waals surface area contributed by atoms with Gasteiger partial charge in [0.25, 0.3) is 0 Å². The smallest absolute Gasteiger partial charge is 0.354 e. The Morgan fingerprint density at radius 2 is 1.65 bits per heavy atom. The van der Waals surface area contributed by atoms with Crippen LogP contribution in [0.3, 0.4) is 0 Å². The molecule has 1 saturated heterocycles. The summed E-state index contributed by atoms with van der Waals surface area (Å²) in [6, 6.07) is 8.86. The van der Waals surface area contributed by atoms with E-state index in [1.165, 1.54) is 16.4 Å². The van der Waals surface area contributed by atoms with Gasteiger partial charge in [-0.25, -0.2) is 13.4 Å². The van der Waals surface area contributed by atoms with Crippen molar-refractivity contribution in [3.63, 3.8) is 0 Å². The molecule has 140 valence electrons. The molecule has 1 aliphatic heterocycles. The Morgan fingerprint density at radius 3 is 2.19 bits per heavy atom. The second-order valence-electron chi connectivity index (χ2n) is 5.72. The Morgan fingerprint density at radius 1 is 1.00 bits per heavy atom. The lowest BCUT2D eigenvalue weighted by Gasteiger charge is -2.34. The molecular weight excluding hydrogens is 435 g/mol. The summed E-state index contributed by atoms with van der Waals surface area (Å²) in [4.78, 5) is 5.82. The molecule has 10 heteroatoms. The molecule has 0 atom stereocenters. The molecule has 2 heterocycles. The van der Waals surface area contributed by atoms with E-state index in [4.69, 9.17) is 0 Å². The molecule has 5 nitrogen and oxygen atoms in total. The zero-order valence-corrected chi connectivity index (χ0v) is 15.9. The molecular formula is C16H15BrF3N3O2S. The summed E-state index contributed by atoms with van der Waals surface area (Å²) in [5, 5.41) is 0. The van der Waals surface area contributed by atoms with Crippen LogP contribution >= 0.6 is 15.9 Å². The third-order valence-electron chi connectivity index (χ3n) is 4.09. The fourth-order valence-corrected chi connectivity index (χ4v) is 5.08. The first kappa shape index (κ1) is 19.1. The van der Waals surface area contributed by atoms with E-state index < -0.39 is 21.8 Å². The standard InChI is InChI=1S/C16H15BrF3N3O2S/c17-13-3-1-2-4-14(13)26(24,25)23-9-7-22(8-10-23)15-6-5-12(11-21-15)16(18,19)20/h1-6,11H,7-10H2. The Balaban J connectivity index is 1.70. The van der Waals surface area contributed by atoms with Gasteiger partial charge < -0.3 is 4.90 Å². The van der Waals surface area contributed by atoms with Crippen LogP contribution in [0, 0.1) is 0 Å². The largest absolute Gasteiger partial charge is 0.417 e. The van der Waals surface area contributed by atoms with E-state index in [1.54, 1.807) is 23.1 Å². The highest BCUT2D eigenvalue weighted by atomic mass is 79.9. The molecule has 3 rings (SSSR count). The molecule has 0 radical (unpaired) electrons. The van der Waals surface area contributed by atoms with Crippen LogP contribution in [0.2, 0.25) is 0 Å². The number of hydrogen-bond acceptors (Lipinski definition) is 4. The lowest BCUT2D eigenvalue weighted by molar-refractivity contribution is -0.137. The van der Waals surface area contributed by atoms with Gasteiger partial charge in [-0.15, -0.1) is 0 Å². The number of piperazine rings is 1. The van der Waals surface area contributed by atoms with Crippen LogP contribution in [0.1, 0.15) is 5.56 Å². The Hall–Kier alpha value is -1.65. The number of anilines is 1. The summed E-state index contributed by atoms with van der Waals surface area (Å²) in [5.41, 5.74) is -0.809. The molecule has 1 aromatic heterocycles. The SMILES string of the molecule is O=S(=O)(c1ccccc1Br)N1CCN(c2ccc(C(F)(F)F)cn2)CC1. The van der Waals surface area contributed by atoms with Crippen LogP contribution in [0.4, 0.5) is 19.0 Å². The number of nitrogens with zero attached hydrogens (tertiary/aromatic N) is 3. The summed E-state index contributed by atoms with van der Waals surface area (Å²) in [6.07, 6.45) is -3.64. The van der Waals surface area contributed by atoms with Crippen molar-refractivity contribution in [1.82, 2.24) is 9.29 Å². The molecule has 0 unspecified atom stereocenters. The number of sulfonamides is 1. The van der Waals surface area contributed by atoms with Gasteiger partial charge in [-0.3, -0.25) is 0 Å². The first-order valence-corrected chi connectivity index (χ1v) is 9.96. The zero-order chi connectivity index (χ0) is 18.9. The predicted molar refractivity (Wildman–Crippen MR) is 94.4 cm³/mol. The molecule has 0 N–H and O–H groups in total. The topological polar surface area (TPSA) is 53.5 Å². The van der Waals surface area contributed by atoms with Gasteiger partial charge in [0.15, 0.2) is 0 Å². The van der Waals surface area contributed by atoms with Crippen LogP contribution in [-0.2, 0) is 16.2 Å². The average molecular weight is 450 g/mol. The number of halogens is 4. The summed E-state index contributed by atoms with van der Waals surface area (Å²) < 4.78 is 65.2. The number of rotatable bonds is 3. The van der Waals surface area contributed by atoms with Crippen LogP contribution in [0.25, 0.3) is 0 Å². The molecule has 26 heavy (non-hydrogen) atoms. The van der Waals surface area contributed by atoms with E-state index in [2.05, 4.69) is 20.9 Å². The third kappa shape index (κ3) is 3.86. The van der Waals surface area contributed by atoms with E-state index in [9.17, 15) is 21.6 Å². The Labute approximate surface area is 157 Å². The highest BCUT2D eigenvalue weighted by Crippen LogP contribution is 2.30. The minimum absolute atomic E-state index is 0.195. The number of alkyl halides is 3. The summed E-state index contributed by atoms with van der Waals surface area (Å²) >= 11 is 3.25. The van der Waals surface area contributed by atoms with Crippen molar-refractivity contribution in [2.24, 2.45) is 0 Å². The Bertz CT molecular complexity index is 880. The molecule has 0 aliphatic carbocycles. The molecule has 1 aromatic carbocycles. The summed E-state index contributed by atoms with van der Waals surface area (Å²) in [6.45, 7) is 1.16. The van der Waals surface area contributed by atoms with Crippen molar-refractivity contribution in [1.29, 1.82) is 0 Å². The number of pyridine rings is 1. The fraction of sp³-hybridized carbons (Fsp3) is 0.312. The second-order valence-corrected chi connectivity index (χ2v) is 8.49. The maximum Gasteiger partial charge on any atom is 0.417 e. The molecule has 0 amide bonds. The summed E-state index contributed by atoms with van der Waals surface area (Å²) in [5.74, 6) is 0.399. The fourth-order valence-electron chi connectivity index (χ4n) is 2.69. The van der Waals surface area contributed by atoms with E-state index in [-0.39, 0.29) is 18.0 Å². The first-order chi connectivity index (χ1) is 12.2. The molecule has 1 aliphatic rings. The van der Waals surface area contributed by atoms with Crippen molar-refractivity contribution < 1.29 is 21.6 Å². The maximum absolute atomic E-state index is 12.7. The van der Waals surface area contributed by atoms with Crippen molar-refractivity contribution in [3.8, 4) is 0 Å². The monoisotopic (exact) mass is 449 g/mol. The van der Waals surface area contributed by atoms with Gasteiger partial charge in [-0.1, -0.05) is 12.1 Å². The normalized spacial score (nSPS) is 16.7. The van der Waals surface area contributed by atoms with E-state index in [0.717, 1.165) is 12.3 Å². The average Bonchev–Trinajstić information content (AvgIpc) is 2.61. The number of hydrogen-bond donors (Lipinski definition) is 0. The Kier molecular flexibility index (Phi) is 5.27. The van der Waals surface area contributed by atoms with Gasteiger partial charge in [-0.2, -0.15) is 17.5 Å². The maximum atomic E-state index is 12.7. The number of benzene rings is 1. The van der Waals surface area contributed by atoms with Gasteiger partial charge in [-0.05, 0) is 40.2 Å². The van der Waals surface area contributed by atoms with Crippen molar-refractivity contribution >= 4 is 31.8 Å². The van der Waals surface area contributed by atoms with Gasteiger partial charge in [0.05, 0.1) is 10.5 Å². The van der Waals surface area contributed by atoms with Gasteiger partial charge in [0.1, 0.15) is 5.82 Å². The van der Waals surface area contributed by atoms with Gasteiger partial charge in [0, 0.05) is 36.8 Å². The molecule has 2 aromatic rings. The lowest BCUT2D eigenvalue weighted by Crippen LogP contribution is -2.49. The van der Waals surface area contributed by atoms with Crippen molar-refractivity contribution in [3.05, 3.63) is 52.6 Å². The summed E-state index contributed by atoms with van der Waals surface area (Å²) in [7, 11) is -3.63. The number of aromatic nitrogens is 1. The zero-order valence-electron chi connectivity index (χ0n) is 13.4. The van der Waals surface area contributed by atoms with E-state index >= 15 is 0 Å². The quantitative estimate of drug-likeness (QED) is 0.720. The predicted octanol–water partition coefficient (Wildman–Crippen LogP) is 3.37. The lowest BCUT2D eigenvalue weighted by atomic mass is 10.2. The van der Waals surface area contributed by atoms with Gasteiger partial charge in [0.2, 0.25) is 10.0 Å².